The second-order valence-electron chi connectivity index (χ2n) is 3.23. The minimum atomic E-state index is -1.10. The Labute approximate surface area is 76.9 Å². The van der Waals surface area contributed by atoms with Crippen molar-refractivity contribution < 1.29 is 19.4 Å². The maximum atomic E-state index is 11.0. The van der Waals surface area contributed by atoms with E-state index in [4.69, 9.17) is 15.6 Å². The number of ether oxygens (including phenoxy) is 1. The van der Waals surface area contributed by atoms with Crippen molar-refractivity contribution in [2.75, 3.05) is 6.61 Å². The number of hydrogen-bond acceptors (Lipinski definition) is 4. The Balaban J connectivity index is 3.76. The first-order valence-electron chi connectivity index (χ1n) is 4.07. The first-order chi connectivity index (χ1) is 5.93. The molecule has 5 heteroatoms. The molecular formula is C8H15NO4. The largest absolute Gasteiger partial charge is 0.481 e. The number of carboxylic acids is 1. The normalized spacial score (nSPS) is 12.6. The molecule has 0 radical (unpaired) electrons. The van der Waals surface area contributed by atoms with Gasteiger partial charge in [0, 0.05) is 0 Å². The number of nitrogens with two attached hydrogens (primary N) is 1. The number of carbonyl (C=O) groups excluding carboxylic acids is 1. The van der Waals surface area contributed by atoms with E-state index in [1.807, 2.05) is 13.8 Å². The van der Waals surface area contributed by atoms with Crippen LogP contribution in [-0.4, -0.2) is 29.7 Å². The summed E-state index contributed by atoms with van der Waals surface area (Å²) in [6.07, 6.45) is -0.392. The molecule has 0 aliphatic carbocycles. The van der Waals surface area contributed by atoms with Crippen LogP contribution in [0.25, 0.3) is 0 Å². The van der Waals surface area contributed by atoms with Gasteiger partial charge in [-0.15, -0.1) is 0 Å². The number of aliphatic carboxylic acids is 1. The van der Waals surface area contributed by atoms with E-state index in [2.05, 4.69) is 0 Å². The third kappa shape index (κ3) is 6.10. The monoisotopic (exact) mass is 189 g/mol. The minimum Gasteiger partial charge on any atom is -0.481 e. The van der Waals surface area contributed by atoms with Crippen LogP contribution in [0.5, 0.6) is 0 Å². The maximum Gasteiger partial charge on any atom is 0.323 e. The van der Waals surface area contributed by atoms with Gasteiger partial charge in [0.1, 0.15) is 6.04 Å². The van der Waals surface area contributed by atoms with Crippen molar-refractivity contribution >= 4 is 11.9 Å². The van der Waals surface area contributed by atoms with Gasteiger partial charge >= 0.3 is 11.9 Å². The smallest absolute Gasteiger partial charge is 0.323 e. The SMILES string of the molecule is CC(C)COC(=O)C(N)CC(=O)O. The van der Waals surface area contributed by atoms with Crippen LogP contribution in [0.1, 0.15) is 20.3 Å². The quantitative estimate of drug-likeness (QED) is 0.593. The predicted molar refractivity (Wildman–Crippen MR) is 46.0 cm³/mol. The summed E-state index contributed by atoms with van der Waals surface area (Å²) in [4.78, 5) is 21.1. The van der Waals surface area contributed by atoms with E-state index in [1.54, 1.807) is 0 Å². The molecule has 0 aliphatic heterocycles. The fraction of sp³-hybridized carbons (Fsp3) is 0.750. The highest BCUT2D eigenvalue weighted by Gasteiger charge is 2.18. The number of hydrogen-bond donors (Lipinski definition) is 2. The Morgan fingerprint density at radius 1 is 1.46 bits per heavy atom. The molecule has 0 aromatic heterocycles. The van der Waals surface area contributed by atoms with E-state index in [1.165, 1.54) is 0 Å². The summed E-state index contributed by atoms with van der Waals surface area (Å²) < 4.78 is 4.74. The van der Waals surface area contributed by atoms with Crippen LogP contribution >= 0.6 is 0 Å². The zero-order valence-electron chi connectivity index (χ0n) is 7.82. The van der Waals surface area contributed by atoms with E-state index in [0.29, 0.717) is 0 Å². The van der Waals surface area contributed by atoms with Crippen molar-refractivity contribution in [3.05, 3.63) is 0 Å². The van der Waals surface area contributed by atoms with E-state index in [9.17, 15) is 9.59 Å². The Morgan fingerprint density at radius 2 is 2.00 bits per heavy atom. The van der Waals surface area contributed by atoms with Crippen LogP contribution in [0.15, 0.2) is 0 Å². The van der Waals surface area contributed by atoms with Crippen molar-refractivity contribution in [3.8, 4) is 0 Å². The lowest BCUT2D eigenvalue weighted by Crippen LogP contribution is -2.35. The lowest BCUT2D eigenvalue weighted by molar-refractivity contribution is -0.150. The molecule has 0 amide bonds. The van der Waals surface area contributed by atoms with Crippen molar-refractivity contribution in [2.24, 2.45) is 11.7 Å². The van der Waals surface area contributed by atoms with E-state index in [-0.39, 0.29) is 12.5 Å². The Morgan fingerprint density at radius 3 is 2.38 bits per heavy atom. The molecule has 3 N–H and O–H groups in total. The molecule has 1 unspecified atom stereocenters. The first kappa shape index (κ1) is 11.9. The molecular weight excluding hydrogens is 174 g/mol. The van der Waals surface area contributed by atoms with Crippen LogP contribution in [-0.2, 0) is 14.3 Å². The van der Waals surface area contributed by atoms with Gasteiger partial charge in [0.05, 0.1) is 13.0 Å². The molecule has 0 fully saturated rings. The molecule has 0 bridgehead atoms. The standard InChI is InChI=1S/C8H15NO4/c1-5(2)4-13-8(12)6(9)3-7(10)11/h5-6H,3-4,9H2,1-2H3,(H,10,11). The van der Waals surface area contributed by atoms with Crippen LogP contribution in [0.3, 0.4) is 0 Å². The third-order valence-electron chi connectivity index (χ3n) is 1.26. The summed E-state index contributed by atoms with van der Waals surface area (Å²) in [5.74, 6) is -1.54. The molecule has 0 heterocycles. The van der Waals surface area contributed by atoms with Gasteiger partial charge in [-0.25, -0.2) is 0 Å². The zero-order valence-corrected chi connectivity index (χ0v) is 7.82. The van der Waals surface area contributed by atoms with Gasteiger partial charge in [-0.05, 0) is 5.92 Å². The molecule has 5 nitrogen and oxygen atoms in total. The fourth-order valence-electron chi connectivity index (χ4n) is 0.627. The van der Waals surface area contributed by atoms with Crippen LogP contribution in [0.2, 0.25) is 0 Å². The van der Waals surface area contributed by atoms with Gasteiger partial charge < -0.3 is 15.6 Å². The highest BCUT2D eigenvalue weighted by atomic mass is 16.5. The minimum absolute atomic E-state index is 0.223. The van der Waals surface area contributed by atoms with E-state index in [0.717, 1.165) is 0 Å². The van der Waals surface area contributed by atoms with Crippen molar-refractivity contribution in [3.63, 3.8) is 0 Å². The Bertz CT molecular complexity index is 191. The van der Waals surface area contributed by atoms with Gasteiger partial charge in [0.25, 0.3) is 0 Å². The molecule has 1 atom stereocenters. The Hall–Kier alpha value is -1.10. The van der Waals surface area contributed by atoms with Crippen LogP contribution in [0.4, 0.5) is 0 Å². The van der Waals surface area contributed by atoms with Crippen molar-refractivity contribution in [1.29, 1.82) is 0 Å². The summed E-state index contributed by atoms with van der Waals surface area (Å²) in [6.45, 7) is 4.04. The number of esters is 1. The first-order valence-corrected chi connectivity index (χ1v) is 4.07. The molecule has 13 heavy (non-hydrogen) atoms. The lowest BCUT2D eigenvalue weighted by atomic mass is 10.2. The van der Waals surface area contributed by atoms with Gasteiger partial charge in [-0.3, -0.25) is 9.59 Å². The number of carboxylic acid groups (broad SMARTS) is 1. The van der Waals surface area contributed by atoms with Crippen LogP contribution in [0, 0.1) is 5.92 Å². The number of rotatable bonds is 5. The summed E-state index contributed by atoms with van der Waals surface area (Å²) in [7, 11) is 0. The molecule has 0 aromatic rings. The van der Waals surface area contributed by atoms with Gasteiger partial charge in [-0.2, -0.15) is 0 Å². The topological polar surface area (TPSA) is 89.6 Å². The van der Waals surface area contributed by atoms with Crippen molar-refractivity contribution in [2.45, 2.75) is 26.3 Å². The van der Waals surface area contributed by atoms with Crippen LogP contribution < -0.4 is 5.73 Å². The average Bonchev–Trinajstić information content (AvgIpc) is 1.98. The predicted octanol–water partition coefficient (Wildman–Crippen LogP) is -0.0124. The Kier molecular flexibility index (Phi) is 5.06. The summed E-state index contributed by atoms with van der Waals surface area (Å²) in [6, 6.07) is -1.06. The highest BCUT2D eigenvalue weighted by Crippen LogP contribution is 1.97. The summed E-state index contributed by atoms with van der Waals surface area (Å²) in [5.41, 5.74) is 5.25. The third-order valence-corrected chi connectivity index (χ3v) is 1.26. The summed E-state index contributed by atoms with van der Waals surface area (Å²) in [5, 5.41) is 8.32. The molecule has 0 spiro atoms. The van der Waals surface area contributed by atoms with E-state index >= 15 is 0 Å². The molecule has 76 valence electrons. The maximum absolute atomic E-state index is 11.0. The number of carbonyl (C=O) groups is 2. The van der Waals surface area contributed by atoms with Gasteiger partial charge in [0.15, 0.2) is 0 Å². The second-order valence-corrected chi connectivity index (χ2v) is 3.23. The molecule has 0 aromatic carbocycles. The lowest BCUT2D eigenvalue weighted by Gasteiger charge is -2.10. The van der Waals surface area contributed by atoms with Gasteiger partial charge in [-0.1, -0.05) is 13.8 Å². The van der Waals surface area contributed by atoms with E-state index < -0.39 is 24.4 Å². The fourth-order valence-corrected chi connectivity index (χ4v) is 0.627. The molecule has 0 aliphatic rings. The summed E-state index contributed by atoms with van der Waals surface area (Å²) >= 11 is 0. The zero-order chi connectivity index (χ0) is 10.4. The highest BCUT2D eigenvalue weighted by molar-refractivity contribution is 5.81. The molecule has 0 saturated carbocycles. The molecule has 0 saturated heterocycles. The molecule has 0 rings (SSSR count). The van der Waals surface area contributed by atoms with Crippen molar-refractivity contribution in [1.82, 2.24) is 0 Å². The average molecular weight is 189 g/mol. The second kappa shape index (κ2) is 5.53. The van der Waals surface area contributed by atoms with Gasteiger partial charge in [0.2, 0.25) is 0 Å².